The van der Waals surface area contributed by atoms with Gasteiger partial charge in [-0.15, -0.1) is 35.3 Å². The summed E-state index contributed by atoms with van der Waals surface area (Å²) in [5, 5.41) is 5.79. The van der Waals surface area contributed by atoms with Crippen molar-refractivity contribution in [2.45, 2.75) is 31.7 Å². The predicted octanol–water partition coefficient (Wildman–Crippen LogP) is 4.36. The molecule has 1 saturated carbocycles. The average Bonchev–Trinajstić information content (AvgIpc) is 3.15. The molecule has 2 atom stereocenters. The van der Waals surface area contributed by atoms with Gasteiger partial charge in [0.2, 0.25) is 0 Å². The molecule has 1 aliphatic carbocycles. The zero-order valence-electron chi connectivity index (χ0n) is 14.3. The summed E-state index contributed by atoms with van der Waals surface area (Å²) in [7, 11) is 2.13. The summed E-state index contributed by atoms with van der Waals surface area (Å²) >= 11 is 1.83. The standard InChI is InChI=1S/C19H25N3S.HI/c1-3-20-19(22(2)12-11-16-10-7-13-23-16)21-18-14-17(18)15-8-5-4-6-9-15;/h4-10,13,17-18H,3,11-12,14H2,1-2H3,(H,20,21);1H. The van der Waals surface area contributed by atoms with Crippen molar-refractivity contribution in [2.24, 2.45) is 4.99 Å². The minimum absolute atomic E-state index is 0. The molecule has 130 valence electrons. The summed E-state index contributed by atoms with van der Waals surface area (Å²) in [5.74, 6) is 1.66. The van der Waals surface area contributed by atoms with Gasteiger partial charge in [0.25, 0.3) is 0 Å². The molecule has 1 fully saturated rings. The van der Waals surface area contributed by atoms with Gasteiger partial charge in [0, 0.05) is 37.0 Å². The van der Waals surface area contributed by atoms with Gasteiger partial charge in [0.15, 0.2) is 5.96 Å². The Morgan fingerprint density at radius 3 is 2.71 bits per heavy atom. The van der Waals surface area contributed by atoms with Crippen LogP contribution in [0, 0.1) is 0 Å². The summed E-state index contributed by atoms with van der Waals surface area (Å²) in [6.45, 7) is 3.90. The van der Waals surface area contributed by atoms with Crippen molar-refractivity contribution >= 4 is 41.3 Å². The Balaban J connectivity index is 0.00000208. The molecule has 1 heterocycles. The van der Waals surface area contributed by atoms with Crippen LogP contribution < -0.4 is 5.32 Å². The quantitative estimate of drug-likeness (QED) is 0.398. The highest BCUT2D eigenvalue weighted by Gasteiger charge is 2.39. The molecule has 2 unspecified atom stereocenters. The largest absolute Gasteiger partial charge is 0.353 e. The topological polar surface area (TPSA) is 27.6 Å². The number of benzene rings is 1. The first-order valence-corrected chi connectivity index (χ1v) is 9.25. The normalized spacial score (nSPS) is 19.5. The molecule has 3 rings (SSSR count). The number of likely N-dealkylation sites (N-methyl/N-ethyl adjacent to an activating group) is 1. The van der Waals surface area contributed by atoms with E-state index >= 15 is 0 Å². The maximum absolute atomic E-state index is 4.67. The van der Waals surface area contributed by atoms with Crippen LogP contribution in [0.1, 0.15) is 29.7 Å². The van der Waals surface area contributed by atoms with Gasteiger partial charge in [-0.3, -0.25) is 4.99 Å². The molecule has 2 aromatic rings. The van der Waals surface area contributed by atoms with Crippen molar-refractivity contribution in [1.82, 2.24) is 10.2 Å². The molecule has 0 radical (unpaired) electrons. The molecule has 0 saturated heterocycles. The van der Waals surface area contributed by atoms with E-state index in [1.54, 1.807) is 0 Å². The Morgan fingerprint density at radius 2 is 2.04 bits per heavy atom. The second-order valence-electron chi connectivity index (χ2n) is 6.05. The van der Waals surface area contributed by atoms with E-state index in [0.29, 0.717) is 12.0 Å². The molecule has 1 aliphatic rings. The van der Waals surface area contributed by atoms with Gasteiger partial charge >= 0.3 is 0 Å². The molecule has 3 nitrogen and oxygen atoms in total. The Morgan fingerprint density at radius 1 is 1.25 bits per heavy atom. The predicted molar refractivity (Wildman–Crippen MR) is 115 cm³/mol. The van der Waals surface area contributed by atoms with Crippen molar-refractivity contribution in [3.05, 3.63) is 58.3 Å². The van der Waals surface area contributed by atoms with E-state index in [1.807, 2.05) is 11.3 Å². The van der Waals surface area contributed by atoms with Crippen molar-refractivity contribution < 1.29 is 0 Å². The molecule has 0 amide bonds. The van der Waals surface area contributed by atoms with Crippen molar-refractivity contribution in [3.63, 3.8) is 0 Å². The van der Waals surface area contributed by atoms with Gasteiger partial charge in [-0.1, -0.05) is 36.4 Å². The fourth-order valence-corrected chi connectivity index (χ4v) is 3.55. The summed E-state index contributed by atoms with van der Waals surface area (Å²) in [6.07, 6.45) is 2.27. The zero-order valence-corrected chi connectivity index (χ0v) is 17.5. The number of guanidine groups is 1. The van der Waals surface area contributed by atoms with Gasteiger partial charge in [-0.2, -0.15) is 0 Å². The molecule has 0 bridgehead atoms. The second kappa shape index (κ2) is 9.42. The maximum atomic E-state index is 4.67. The highest BCUT2D eigenvalue weighted by atomic mass is 127. The molecular formula is C19H26IN3S. The number of hydrogen-bond acceptors (Lipinski definition) is 2. The molecular weight excluding hydrogens is 429 g/mol. The SMILES string of the molecule is CCN=C(NC1CC1c1ccccc1)N(C)CCc1cccs1.I. The van der Waals surface area contributed by atoms with Gasteiger partial charge in [0.1, 0.15) is 0 Å². The molecule has 1 aromatic carbocycles. The van der Waals surface area contributed by atoms with Crippen LogP contribution >= 0.6 is 35.3 Å². The van der Waals surface area contributed by atoms with Crippen LogP contribution in [0.4, 0.5) is 0 Å². The van der Waals surface area contributed by atoms with E-state index in [0.717, 1.165) is 25.5 Å². The minimum Gasteiger partial charge on any atom is -0.353 e. The second-order valence-corrected chi connectivity index (χ2v) is 7.08. The lowest BCUT2D eigenvalue weighted by molar-refractivity contribution is 0.484. The first-order chi connectivity index (χ1) is 11.3. The van der Waals surface area contributed by atoms with E-state index in [4.69, 9.17) is 0 Å². The van der Waals surface area contributed by atoms with Crippen LogP contribution in [0.25, 0.3) is 0 Å². The van der Waals surface area contributed by atoms with Gasteiger partial charge < -0.3 is 10.2 Å². The molecule has 1 N–H and O–H groups in total. The third kappa shape index (κ3) is 5.21. The smallest absolute Gasteiger partial charge is 0.193 e. The molecule has 5 heteroatoms. The number of aliphatic imine (C=N–C) groups is 1. The molecule has 0 spiro atoms. The monoisotopic (exact) mass is 455 g/mol. The molecule has 24 heavy (non-hydrogen) atoms. The van der Waals surface area contributed by atoms with Crippen LogP contribution in [0.3, 0.4) is 0 Å². The van der Waals surface area contributed by atoms with Crippen molar-refractivity contribution in [1.29, 1.82) is 0 Å². The number of hydrogen-bond donors (Lipinski definition) is 1. The van der Waals surface area contributed by atoms with Crippen molar-refractivity contribution in [2.75, 3.05) is 20.1 Å². The fourth-order valence-electron chi connectivity index (χ4n) is 2.85. The third-order valence-corrected chi connectivity index (χ3v) is 5.21. The molecule has 0 aliphatic heterocycles. The Hall–Kier alpha value is -1.08. The van der Waals surface area contributed by atoms with E-state index in [2.05, 4.69) is 77.0 Å². The highest BCUT2D eigenvalue weighted by molar-refractivity contribution is 14.0. The van der Waals surface area contributed by atoms with E-state index in [1.165, 1.54) is 16.9 Å². The third-order valence-electron chi connectivity index (χ3n) is 4.28. The van der Waals surface area contributed by atoms with Gasteiger partial charge in [-0.05, 0) is 36.8 Å². The Labute approximate surface area is 166 Å². The minimum atomic E-state index is 0. The molecule has 1 aromatic heterocycles. The highest BCUT2D eigenvalue weighted by Crippen LogP contribution is 2.40. The summed E-state index contributed by atoms with van der Waals surface area (Å²) in [6, 6.07) is 15.6. The summed E-state index contributed by atoms with van der Waals surface area (Å²) in [4.78, 5) is 8.35. The summed E-state index contributed by atoms with van der Waals surface area (Å²) < 4.78 is 0. The van der Waals surface area contributed by atoms with Crippen LogP contribution in [-0.2, 0) is 6.42 Å². The number of thiophene rings is 1. The Bertz CT molecular complexity index is 627. The average molecular weight is 455 g/mol. The van der Waals surface area contributed by atoms with E-state index in [-0.39, 0.29) is 24.0 Å². The fraction of sp³-hybridized carbons (Fsp3) is 0.421. The van der Waals surface area contributed by atoms with E-state index in [9.17, 15) is 0 Å². The van der Waals surface area contributed by atoms with Gasteiger partial charge in [-0.25, -0.2) is 0 Å². The number of nitrogens with zero attached hydrogens (tertiary/aromatic N) is 2. The first kappa shape index (κ1) is 19.2. The number of nitrogens with one attached hydrogen (secondary N) is 1. The zero-order chi connectivity index (χ0) is 16.1. The lowest BCUT2D eigenvalue weighted by Gasteiger charge is -2.22. The van der Waals surface area contributed by atoms with Crippen LogP contribution in [0.5, 0.6) is 0 Å². The van der Waals surface area contributed by atoms with Crippen LogP contribution in [0.2, 0.25) is 0 Å². The van der Waals surface area contributed by atoms with Gasteiger partial charge in [0.05, 0.1) is 0 Å². The number of rotatable bonds is 6. The van der Waals surface area contributed by atoms with Crippen LogP contribution in [-0.4, -0.2) is 37.0 Å². The van der Waals surface area contributed by atoms with E-state index < -0.39 is 0 Å². The maximum Gasteiger partial charge on any atom is 0.193 e. The summed E-state index contributed by atoms with van der Waals surface area (Å²) in [5.41, 5.74) is 1.43. The number of halogens is 1. The van der Waals surface area contributed by atoms with Crippen LogP contribution in [0.15, 0.2) is 52.8 Å². The lowest BCUT2D eigenvalue weighted by atomic mass is 10.1. The first-order valence-electron chi connectivity index (χ1n) is 8.37. The lowest BCUT2D eigenvalue weighted by Crippen LogP contribution is -2.41. The Kier molecular flexibility index (Phi) is 7.55. The van der Waals surface area contributed by atoms with Crippen molar-refractivity contribution in [3.8, 4) is 0 Å².